The van der Waals surface area contributed by atoms with E-state index in [-0.39, 0.29) is 5.60 Å². The zero-order valence-corrected chi connectivity index (χ0v) is 18.2. The van der Waals surface area contributed by atoms with E-state index in [1.165, 1.54) is 5.56 Å². The van der Waals surface area contributed by atoms with E-state index < -0.39 is 5.97 Å². The molecule has 1 spiro atoms. The maximum Gasteiger partial charge on any atom is 0.335 e. The van der Waals surface area contributed by atoms with Gasteiger partial charge in [0.2, 0.25) is 0 Å². The zero-order chi connectivity index (χ0) is 20.4. The van der Waals surface area contributed by atoms with E-state index in [4.69, 9.17) is 21.5 Å². The summed E-state index contributed by atoms with van der Waals surface area (Å²) in [4.78, 5) is 19.3. The van der Waals surface area contributed by atoms with Crippen LogP contribution in [0.2, 0.25) is 5.02 Å². The average molecular weight is 478 g/mol. The third kappa shape index (κ3) is 4.82. The highest BCUT2D eigenvalue weighted by molar-refractivity contribution is 9.10. The highest BCUT2D eigenvalue weighted by Gasteiger charge is 2.41. The number of carbonyl (C=O) groups is 1. The number of rotatable bonds is 5. The number of benzene rings is 2. The van der Waals surface area contributed by atoms with Gasteiger partial charge in [-0.1, -0.05) is 35.0 Å². The predicted molar refractivity (Wildman–Crippen MR) is 117 cm³/mol. The van der Waals surface area contributed by atoms with Gasteiger partial charge in [0.15, 0.2) is 0 Å². The van der Waals surface area contributed by atoms with Crippen molar-refractivity contribution in [2.45, 2.75) is 37.8 Å². The summed E-state index contributed by atoms with van der Waals surface area (Å²) in [6.07, 6.45) is 3.44. The van der Waals surface area contributed by atoms with Crippen LogP contribution in [0.25, 0.3) is 0 Å². The van der Waals surface area contributed by atoms with E-state index in [1.807, 2.05) is 18.2 Å². The first kappa shape index (κ1) is 20.4. The van der Waals surface area contributed by atoms with E-state index in [1.54, 1.807) is 12.1 Å². The number of halogens is 2. The maximum absolute atomic E-state index is 11.0. The Morgan fingerprint density at radius 2 is 1.86 bits per heavy atom. The Hall–Kier alpha value is -1.89. The van der Waals surface area contributed by atoms with E-state index in [0.29, 0.717) is 12.0 Å². The van der Waals surface area contributed by atoms with Gasteiger partial charge in [-0.3, -0.25) is 4.90 Å². The third-order valence-electron chi connectivity index (χ3n) is 5.66. The second kappa shape index (κ2) is 8.46. The number of carboxylic acids is 1. The van der Waals surface area contributed by atoms with Crippen molar-refractivity contribution < 1.29 is 14.7 Å². The SMILES string of the molecule is O=C(O)c1ccc(CC2=NOC3(CCN(Cc4ccc(Cl)c(Br)c4)CC3)C2)cc1. The first-order chi connectivity index (χ1) is 13.9. The number of likely N-dealkylation sites (tertiary alicyclic amines) is 1. The first-order valence-electron chi connectivity index (χ1n) is 9.65. The Bertz CT molecular complexity index is 938. The lowest BCUT2D eigenvalue weighted by Crippen LogP contribution is -2.44. The molecule has 5 nitrogen and oxygen atoms in total. The monoisotopic (exact) mass is 476 g/mol. The van der Waals surface area contributed by atoms with Gasteiger partial charge in [0.05, 0.1) is 16.3 Å². The summed E-state index contributed by atoms with van der Waals surface area (Å²) >= 11 is 9.57. The fraction of sp³-hybridized carbons (Fsp3) is 0.364. The molecular formula is C22H22BrClN2O3. The summed E-state index contributed by atoms with van der Waals surface area (Å²) in [5.74, 6) is -0.908. The molecule has 2 aliphatic rings. The lowest BCUT2D eigenvalue weighted by Gasteiger charge is -2.37. The second-order valence-corrected chi connectivity index (χ2v) is 9.07. The molecule has 0 radical (unpaired) electrons. The molecule has 7 heteroatoms. The van der Waals surface area contributed by atoms with E-state index in [9.17, 15) is 4.79 Å². The van der Waals surface area contributed by atoms with Gasteiger partial charge in [-0.25, -0.2) is 4.79 Å². The summed E-state index contributed by atoms with van der Waals surface area (Å²) in [7, 11) is 0. The van der Waals surface area contributed by atoms with Crippen molar-refractivity contribution in [1.82, 2.24) is 4.90 Å². The number of oxime groups is 1. The molecule has 4 rings (SSSR count). The summed E-state index contributed by atoms with van der Waals surface area (Å²) in [5, 5.41) is 14.1. The Balaban J connectivity index is 1.29. The lowest BCUT2D eigenvalue weighted by atomic mass is 9.85. The quantitative estimate of drug-likeness (QED) is 0.646. The van der Waals surface area contributed by atoms with Gasteiger partial charge < -0.3 is 9.94 Å². The normalized spacial score (nSPS) is 18.5. The molecule has 0 bridgehead atoms. The van der Waals surface area contributed by atoms with Crippen LogP contribution < -0.4 is 0 Å². The molecule has 0 saturated carbocycles. The largest absolute Gasteiger partial charge is 0.478 e. The zero-order valence-electron chi connectivity index (χ0n) is 15.9. The van der Waals surface area contributed by atoms with Crippen LogP contribution in [0.15, 0.2) is 52.1 Å². The van der Waals surface area contributed by atoms with Crippen LogP contribution in [0.5, 0.6) is 0 Å². The number of aromatic carboxylic acids is 1. The molecule has 0 atom stereocenters. The van der Waals surface area contributed by atoms with E-state index in [2.05, 4.69) is 38.1 Å². The van der Waals surface area contributed by atoms with Crippen LogP contribution in [-0.4, -0.2) is 40.4 Å². The fourth-order valence-electron chi connectivity index (χ4n) is 3.98. The molecule has 1 N–H and O–H groups in total. The Kier molecular flexibility index (Phi) is 5.95. The van der Waals surface area contributed by atoms with Gasteiger partial charge in [0.25, 0.3) is 0 Å². The summed E-state index contributed by atoms with van der Waals surface area (Å²) in [5.41, 5.74) is 3.44. The van der Waals surface area contributed by atoms with Crippen LogP contribution in [-0.2, 0) is 17.8 Å². The van der Waals surface area contributed by atoms with Crippen LogP contribution in [0.1, 0.15) is 40.7 Å². The molecule has 0 aliphatic carbocycles. The summed E-state index contributed by atoms with van der Waals surface area (Å²) in [6.45, 7) is 2.84. The van der Waals surface area contributed by atoms with Crippen LogP contribution in [0.4, 0.5) is 0 Å². The van der Waals surface area contributed by atoms with Crippen LogP contribution in [0.3, 0.4) is 0 Å². The van der Waals surface area contributed by atoms with Crippen molar-refractivity contribution in [3.8, 4) is 0 Å². The molecule has 0 amide bonds. The molecule has 2 heterocycles. The average Bonchev–Trinajstić information content (AvgIpc) is 3.09. The molecule has 2 aromatic rings. The molecule has 0 unspecified atom stereocenters. The van der Waals surface area contributed by atoms with Crippen molar-refractivity contribution >= 4 is 39.2 Å². The van der Waals surface area contributed by atoms with E-state index >= 15 is 0 Å². The second-order valence-electron chi connectivity index (χ2n) is 7.81. The summed E-state index contributed by atoms with van der Waals surface area (Å²) < 4.78 is 0.929. The van der Waals surface area contributed by atoms with Crippen molar-refractivity contribution in [3.05, 3.63) is 68.7 Å². The number of hydrogen-bond donors (Lipinski definition) is 1. The van der Waals surface area contributed by atoms with Crippen LogP contribution in [0, 0.1) is 0 Å². The topological polar surface area (TPSA) is 62.1 Å². The fourth-order valence-corrected chi connectivity index (χ4v) is 4.52. The Morgan fingerprint density at radius 3 is 2.52 bits per heavy atom. The molecule has 152 valence electrons. The molecule has 1 saturated heterocycles. The molecule has 29 heavy (non-hydrogen) atoms. The molecular weight excluding hydrogens is 456 g/mol. The van der Waals surface area contributed by atoms with Crippen molar-refractivity contribution in [2.75, 3.05) is 13.1 Å². The standard InChI is InChI=1S/C22H22BrClN2O3/c23-19-12-16(3-6-20(19)24)14-26-9-7-22(8-10-26)13-18(25-29-22)11-15-1-4-17(5-2-15)21(27)28/h1-6,12H,7-11,13-14H2,(H,27,28). The molecule has 0 aromatic heterocycles. The van der Waals surface area contributed by atoms with Crippen molar-refractivity contribution in [3.63, 3.8) is 0 Å². The minimum absolute atomic E-state index is 0.187. The predicted octanol–water partition coefficient (Wildman–Crippen LogP) is 5.15. The van der Waals surface area contributed by atoms with Gasteiger partial charge in [-0.15, -0.1) is 0 Å². The van der Waals surface area contributed by atoms with Gasteiger partial charge in [-0.2, -0.15) is 0 Å². The number of hydrogen-bond acceptors (Lipinski definition) is 4. The van der Waals surface area contributed by atoms with Gasteiger partial charge in [-0.05, 0) is 51.3 Å². The lowest BCUT2D eigenvalue weighted by molar-refractivity contribution is -0.0627. The number of carboxylic acid groups (broad SMARTS) is 1. The molecule has 2 aromatic carbocycles. The Labute approximate surface area is 183 Å². The third-order valence-corrected chi connectivity index (χ3v) is 6.88. The van der Waals surface area contributed by atoms with Crippen molar-refractivity contribution in [1.29, 1.82) is 0 Å². The van der Waals surface area contributed by atoms with Crippen molar-refractivity contribution in [2.24, 2.45) is 5.16 Å². The molecule has 1 fully saturated rings. The Morgan fingerprint density at radius 1 is 1.17 bits per heavy atom. The highest BCUT2D eigenvalue weighted by Crippen LogP contribution is 2.36. The minimum atomic E-state index is -0.908. The van der Waals surface area contributed by atoms with Gasteiger partial charge >= 0.3 is 5.97 Å². The molecule has 2 aliphatic heterocycles. The number of piperidine rings is 1. The van der Waals surface area contributed by atoms with Crippen LogP contribution >= 0.6 is 27.5 Å². The van der Waals surface area contributed by atoms with Gasteiger partial charge in [0, 0.05) is 49.8 Å². The number of nitrogens with zero attached hydrogens (tertiary/aromatic N) is 2. The maximum atomic E-state index is 11.0. The summed E-state index contributed by atoms with van der Waals surface area (Å²) in [6, 6.07) is 13.0. The van der Waals surface area contributed by atoms with Gasteiger partial charge in [0.1, 0.15) is 5.60 Å². The highest BCUT2D eigenvalue weighted by atomic mass is 79.9. The minimum Gasteiger partial charge on any atom is -0.478 e. The smallest absolute Gasteiger partial charge is 0.335 e. The van der Waals surface area contributed by atoms with E-state index in [0.717, 1.165) is 59.7 Å². The first-order valence-corrected chi connectivity index (χ1v) is 10.8.